The minimum atomic E-state index is -1.22. The number of amides is 1. The Kier molecular flexibility index (Phi) is 7.07. The summed E-state index contributed by atoms with van der Waals surface area (Å²) in [5.74, 6) is 1.12. The first-order valence-electron chi connectivity index (χ1n) is 6.15. The van der Waals surface area contributed by atoms with Crippen molar-refractivity contribution in [3.63, 3.8) is 0 Å². The first-order valence-corrected chi connectivity index (χ1v) is 7.30. The van der Waals surface area contributed by atoms with Crippen LogP contribution in [0.1, 0.15) is 6.92 Å². The van der Waals surface area contributed by atoms with Crippen LogP contribution in [0.2, 0.25) is 0 Å². The van der Waals surface area contributed by atoms with Crippen LogP contribution >= 0.6 is 11.8 Å². The average molecular weight is 275 g/mol. The Morgan fingerprint density at radius 1 is 1.44 bits per heavy atom. The van der Waals surface area contributed by atoms with Gasteiger partial charge in [0.1, 0.15) is 0 Å². The van der Waals surface area contributed by atoms with E-state index in [0.717, 1.165) is 31.1 Å². The van der Waals surface area contributed by atoms with Crippen LogP contribution in [0.25, 0.3) is 0 Å². The normalized spacial score (nSPS) is 18.1. The van der Waals surface area contributed by atoms with Gasteiger partial charge in [-0.15, -0.1) is 0 Å². The van der Waals surface area contributed by atoms with Crippen LogP contribution in [0.5, 0.6) is 0 Å². The number of nitrogens with zero attached hydrogens (tertiary/aromatic N) is 1. The number of nitrogens with two attached hydrogens (primary N) is 1. The third kappa shape index (κ3) is 5.24. The Bertz CT molecular complexity index is 283. The number of nitrogens with one attached hydrogen (secondary N) is 1. The molecule has 0 aromatic carbocycles. The van der Waals surface area contributed by atoms with Gasteiger partial charge in [0.15, 0.2) is 6.04 Å². The molecule has 18 heavy (non-hydrogen) atoms. The molecule has 104 valence electrons. The maximum atomic E-state index is 11.5. The molecule has 1 saturated heterocycles. The zero-order chi connectivity index (χ0) is 13.4. The van der Waals surface area contributed by atoms with E-state index >= 15 is 0 Å². The lowest BCUT2D eigenvalue weighted by Gasteiger charge is -2.26. The first-order chi connectivity index (χ1) is 8.65. The SMILES string of the molecule is CCOC(=O)C(N)C(=O)NCCN1CCSCC1. The largest absolute Gasteiger partial charge is 0.464 e. The molecule has 0 radical (unpaired) electrons. The predicted molar refractivity (Wildman–Crippen MR) is 71.4 cm³/mol. The molecule has 0 aromatic heterocycles. The quantitative estimate of drug-likeness (QED) is 0.480. The fourth-order valence-electron chi connectivity index (χ4n) is 1.61. The van der Waals surface area contributed by atoms with Crippen molar-refractivity contribution in [2.24, 2.45) is 5.73 Å². The van der Waals surface area contributed by atoms with Crippen LogP contribution < -0.4 is 11.1 Å². The minimum Gasteiger partial charge on any atom is -0.464 e. The molecular weight excluding hydrogens is 254 g/mol. The summed E-state index contributed by atoms with van der Waals surface area (Å²) in [6, 6.07) is -1.22. The molecule has 1 unspecified atom stereocenters. The molecule has 1 fully saturated rings. The Morgan fingerprint density at radius 2 is 2.11 bits per heavy atom. The number of carbonyl (C=O) groups excluding carboxylic acids is 2. The fourth-order valence-corrected chi connectivity index (χ4v) is 2.59. The van der Waals surface area contributed by atoms with Crippen molar-refractivity contribution in [1.29, 1.82) is 0 Å². The highest BCUT2D eigenvalue weighted by molar-refractivity contribution is 7.99. The maximum Gasteiger partial charge on any atom is 0.332 e. The summed E-state index contributed by atoms with van der Waals surface area (Å²) in [4.78, 5) is 25.1. The van der Waals surface area contributed by atoms with Gasteiger partial charge in [0.2, 0.25) is 5.91 Å². The van der Waals surface area contributed by atoms with E-state index in [1.165, 1.54) is 0 Å². The van der Waals surface area contributed by atoms with E-state index in [0.29, 0.717) is 6.54 Å². The molecular formula is C11H21N3O3S. The topological polar surface area (TPSA) is 84.7 Å². The molecule has 0 aliphatic carbocycles. The van der Waals surface area contributed by atoms with E-state index in [1.54, 1.807) is 6.92 Å². The van der Waals surface area contributed by atoms with Crippen molar-refractivity contribution in [2.75, 3.05) is 44.3 Å². The molecule has 3 N–H and O–H groups in total. The predicted octanol–water partition coefficient (Wildman–Crippen LogP) is -0.958. The van der Waals surface area contributed by atoms with Gasteiger partial charge in [0.05, 0.1) is 6.61 Å². The van der Waals surface area contributed by atoms with Crippen LogP contribution in [-0.2, 0) is 14.3 Å². The second kappa shape index (κ2) is 8.34. The smallest absolute Gasteiger partial charge is 0.332 e. The Morgan fingerprint density at radius 3 is 2.72 bits per heavy atom. The molecule has 1 aliphatic heterocycles. The van der Waals surface area contributed by atoms with Crippen molar-refractivity contribution in [3.05, 3.63) is 0 Å². The number of hydrogen-bond acceptors (Lipinski definition) is 6. The highest BCUT2D eigenvalue weighted by Gasteiger charge is 2.23. The fraction of sp³-hybridized carbons (Fsp3) is 0.818. The summed E-state index contributed by atoms with van der Waals surface area (Å²) in [6.07, 6.45) is 0. The summed E-state index contributed by atoms with van der Waals surface area (Å²) in [7, 11) is 0. The highest BCUT2D eigenvalue weighted by Crippen LogP contribution is 2.07. The van der Waals surface area contributed by atoms with Gasteiger partial charge in [0, 0.05) is 37.7 Å². The lowest BCUT2D eigenvalue weighted by molar-refractivity contribution is -0.147. The lowest BCUT2D eigenvalue weighted by Crippen LogP contribution is -2.49. The minimum absolute atomic E-state index is 0.227. The van der Waals surface area contributed by atoms with E-state index in [2.05, 4.69) is 15.0 Å². The third-order valence-electron chi connectivity index (χ3n) is 2.65. The van der Waals surface area contributed by atoms with E-state index in [-0.39, 0.29) is 6.61 Å². The molecule has 0 aromatic rings. The van der Waals surface area contributed by atoms with Gasteiger partial charge in [-0.1, -0.05) is 0 Å². The third-order valence-corrected chi connectivity index (χ3v) is 3.60. The monoisotopic (exact) mass is 275 g/mol. The Hall–Kier alpha value is -0.790. The summed E-state index contributed by atoms with van der Waals surface area (Å²) >= 11 is 1.94. The second-order valence-electron chi connectivity index (χ2n) is 3.97. The van der Waals surface area contributed by atoms with Crippen LogP contribution in [0, 0.1) is 0 Å². The Balaban J connectivity index is 2.17. The average Bonchev–Trinajstić information content (AvgIpc) is 2.39. The molecule has 1 atom stereocenters. The maximum absolute atomic E-state index is 11.5. The van der Waals surface area contributed by atoms with E-state index in [1.807, 2.05) is 11.8 Å². The molecule has 1 heterocycles. The van der Waals surface area contributed by atoms with Crippen molar-refractivity contribution in [3.8, 4) is 0 Å². The number of ether oxygens (including phenoxy) is 1. The number of rotatable bonds is 6. The van der Waals surface area contributed by atoms with Gasteiger partial charge in [-0.2, -0.15) is 11.8 Å². The zero-order valence-corrected chi connectivity index (χ0v) is 11.5. The van der Waals surface area contributed by atoms with Gasteiger partial charge in [-0.25, -0.2) is 4.79 Å². The van der Waals surface area contributed by atoms with E-state index in [9.17, 15) is 9.59 Å². The van der Waals surface area contributed by atoms with Crippen LogP contribution in [0.15, 0.2) is 0 Å². The molecule has 1 rings (SSSR count). The molecule has 6 nitrogen and oxygen atoms in total. The van der Waals surface area contributed by atoms with Crippen LogP contribution in [-0.4, -0.2) is 67.1 Å². The standard InChI is InChI=1S/C11H21N3O3S/c1-2-17-11(16)9(12)10(15)13-3-4-14-5-7-18-8-6-14/h9H,2-8,12H2,1H3,(H,13,15). The van der Waals surface area contributed by atoms with E-state index < -0.39 is 17.9 Å². The van der Waals surface area contributed by atoms with Gasteiger partial charge in [0.25, 0.3) is 0 Å². The summed E-state index contributed by atoms with van der Waals surface area (Å²) < 4.78 is 4.68. The van der Waals surface area contributed by atoms with Gasteiger partial charge in [-0.05, 0) is 6.92 Å². The molecule has 0 spiro atoms. The number of thioether (sulfide) groups is 1. The number of hydrogen-bond donors (Lipinski definition) is 2. The summed E-state index contributed by atoms with van der Waals surface area (Å²) in [5.41, 5.74) is 5.46. The van der Waals surface area contributed by atoms with Crippen molar-refractivity contribution in [1.82, 2.24) is 10.2 Å². The molecule has 1 amide bonds. The van der Waals surface area contributed by atoms with Crippen molar-refractivity contribution in [2.45, 2.75) is 13.0 Å². The summed E-state index contributed by atoms with van der Waals surface area (Å²) in [5, 5.41) is 2.66. The van der Waals surface area contributed by atoms with Gasteiger partial charge >= 0.3 is 5.97 Å². The Labute approximate surface area is 112 Å². The van der Waals surface area contributed by atoms with E-state index in [4.69, 9.17) is 5.73 Å². The first kappa shape index (κ1) is 15.3. The lowest BCUT2D eigenvalue weighted by atomic mass is 10.3. The summed E-state index contributed by atoms with van der Waals surface area (Å²) in [6.45, 7) is 5.30. The second-order valence-corrected chi connectivity index (χ2v) is 5.20. The molecule has 7 heteroatoms. The van der Waals surface area contributed by atoms with Crippen LogP contribution in [0.3, 0.4) is 0 Å². The molecule has 0 saturated carbocycles. The number of carbonyl (C=O) groups is 2. The van der Waals surface area contributed by atoms with Crippen molar-refractivity contribution >= 4 is 23.6 Å². The highest BCUT2D eigenvalue weighted by atomic mass is 32.2. The van der Waals surface area contributed by atoms with Gasteiger partial charge in [-0.3, -0.25) is 9.69 Å². The molecule has 1 aliphatic rings. The molecule has 0 bridgehead atoms. The number of esters is 1. The van der Waals surface area contributed by atoms with Crippen LogP contribution in [0.4, 0.5) is 0 Å². The van der Waals surface area contributed by atoms with Crippen molar-refractivity contribution < 1.29 is 14.3 Å². The van der Waals surface area contributed by atoms with Gasteiger partial charge < -0.3 is 15.8 Å². The zero-order valence-electron chi connectivity index (χ0n) is 10.7.